The summed E-state index contributed by atoms with van der Waals surface area (Å²) in [5, 5.41) is 3.56. The normalized spacial score (nSPS) is 22.5. The molecule has 4 nitrogen and oxygen atoms in total. The SMILES string of the molecule is COc1cc(C)c(CNC2CCCC2N)cc1OC. The minimum Gasteiger partial charge on any atom is -0.493 e. The van der Waals surface area contributed by atoms with E-state index < -0.39 is 0 Å². The number of hydrogen-bond acceptors (Lipinski definition) is 4. The second-order valence-electron chi connectivity index (χ2n) is 5.22. The Balaban J connectivity index is 2.07. The second kappa shape index (κ2) is 6.26. The number of hydrogen-bond donors (Lipinski definition) is 2. The van der Waals surface area contributed by atoms with Gasteiger partial charge in [-0.2, -0.15) is 0 Å². The molecule has 19 heavy (non-hydrogen) atoms. The van der Waals surface area contributed by atoms with Crippen LogP contribution in [0.25, 0.3) is 0 Å². The summed E-state index contributed by atoms with van der Waals surface area (Å²) in [5.41, 5.74) is 8.51. The van der Waals surface area contributed by atoms with Crippen LogP contribution in [0.2, 0.25) is 0 Å². The summed E-state index contributed by atoms with van der Waals surface area (Å²) in [6.07, 6.45) is 3.53. The quantitative estimate of drug-likeness (QED) is 0.854. The van der Waals surface area contributed by atoms with E-state index in [1.54, 1.807) is 14.2 Å². The van der Waals surface area contributed by atoms with E-state index in [-0.39, 0.29) is 0 Å². The van der Waals surface area contributed by atoms with Crippen LogP contribution in [0.1, 0.15) is 30.4 Å². The molecular weight excluding hydrogens is 240 g/mol. The van der Waals surface area contributed by atoms with Gasteiger partial charge in [0.25, 0.3) is 0 Å². The molecule has 3 N–H and O–H groups in total. The summed E-state index contributed by atoms with van der Waals surface area (Å²) in [6.45, 7) is 2.91. The minimum atomic E-state index is 0.292. The van der Waals surface area contributed by atoms with Gasteiger partial charge in [0, 0.05) is 18.6 Å². The minimum absolute atomic E-state index is 0.292. The maximum atomic E-state index is 6.08. The average Bonchev–Trinajstić information content (AvgIpc) is 2.82. The molecule has 1 aliphatic carbocycles. The number of nitrogens with two attached hydrogens (primary N) is 1. The van der Waals surface area contributed by atoms with Crippen molar-refractivity contribution >= 4 is 0 Å². The van der Waals surface area contributed by atoms with Gasteiger partial charge in [0.05, 0.1) is 14.2 Å². The molecule has 1 aliphatic rings. The van der Waals surface area contributed by atoms with Crippen molar-refractivity contribution in [1.82, 2.24) is 5.32 Å². The Morgan fingerprint density at radius 1 is 1.21 bits per heavy atom. The number of rotatable bonds is 5. The molecule has 1 fully saturated rings. The molecule has 0 bridgehead atoms. The van der Waals surface area contributed by atoms with E-state index in [0.29, 0.717) is 12.1 Å². The van der Waals surface area contributed by atoms with Gasteiger partial charge in [-0.1, -0.05) is 6.42 Å². The molecule has 0 amide bonds. The van der Waals surface area contributed by atoms with Crippen LogP contribution in [0.5, 0.6) is 11.5 Å². The van der Waals surface area contributed by atoms with Gasteiger partial charge in [0.2, 0.25) is 0 Å². The first-order chi connectivity index (χ1) is 9.15. The Morgan fingerprint density at radius 3 is 2.47 bits per heavy atom. The van der Waals surface area contributed by atoms with E-state index >= 15 is 0 Å². The van der Waals surface area contributed by atoms with Gasteiger partial charge in [-0.05, 0) is 43.0 Å². The van der Waals surface area contributed by atoms with Crippen molar-refractivity contribution in [2.45, 2.75) is 44.8 Å². The summed E-state index contributed by atoms with van der Waals surface area (Å²) in [4.78, 5) is 0. The van der Waals surface area contributed by atoms with Crippen LogP contribution >= 0.6 is 0 Å². The standard InChI is InChI=1S/C15H24N2O2/c1-10-7-14(18-2)15(19-3)8-11(10)9-17-13-6-4-5-12(13)16/h7-8,12-13,17H,4-6,9,16H2,1-3H3. The van der Waals surface area contributed by atoms with Crippen LogP contribution in [0.15, 0.2) is 12.1 Å². The fourth-order valence-electron chi connectivity index (χ4n) is 2.70. The molecule has 4 heteroatoms. The third kappa shape index (κ3) is 3.19. The predicted octanol–water partition coefficient (Wildman–Crippen LogP) is 1.98. The average molecular weight is 264 g/mol. The molecule has 0 radical (unpaired) electrons. The van der Waals surface area contributed by atoms with E-state index in [1.807, 2.05) is 12.1 Å². The van der Waals surface area contributed by atoms with Crippen LogP contribution in [-0.2, 0) is 6.54 Å². The molecule has 2 atom stereocenters. The molecule has 0 heterocycles. The van der Waals surface area contributed by atoms with Gasteiger partial charge < -0.3 is 20.5 Å². The molecule has 1 aromatic carbocycles. The highest BCUT2D eigenvalue weighted by atomic mass is 16.5. The summed E-state index contributed by atoms with van der Waals surface area (Å²) in [5.74, 6) is 1.56. The Hall–Kier alpha value is -1.26. The molecule has 0 aliphatic heterocycles. The molecule has 2 unspecified atom stereocenters. The van der Waals surface area contributed by atoms with Crippen LogP contribution in [0.3, 0.4) is 0 Å². The maximum Gasteiger partial charge on any atom is 0.161 e. The molecule has 1 saturated carbocycles. The molecular formula is C15H24N2O2. The number of nitrogens with one attached hydrogen (secondary N) is 1. The lowest BCUT2D eigenvalue weighted by atomic mass is 10.1. The van der Waals surface area contributed by atoms with Gasteiger partial charge in [0.1, 0.15) is 0 Å². The first kappa shape index (κ1) is 14.2. The fourth-order valence-corrected chi connectivity index (χ4v) is 2.70. The maximum absolute atomic E-state index is 6.08. The third-order valence-corrected chi connectivity index (χ3v) is 3.97. The van der Waals surface area contributed by atoms with Gasteiger partial charge >= 0.3 is 0 Å². The lowest BCUT2D eigenvalue weighted by Crippen LogP contribution is -2.40. The summed E-state index contributed by atoms with van der Waals surface area (Å²) < 4.78 is 10.6. The Bertz CT molecular complexity index is 434. The highest BCUT2D eigenvalue weighted by Gasteiger charge is 2.23. The smallest absolute Gasteiger partial charge is 0.161 e. The van der Waals surface area contributed by atoms with Crippen molar-refractivity contribution < 1.29 is 9.47 Å². The van der Waals surface area contributed by atoms with Crippen LogP contribution in [0.4, 0.5) is 0 Å². The van der Waals surface area contributed by atoms with Gasteiger partial charge in [0.15, 0.2) is 11.5 Å². The van der Waals surface area contributed by atoms with Crippen molar-refractivity contribution in [2.24, 2.45) is 5.73 Å². The highest BCUT2D eigenvalue weighted by molar-refractivity contribution is 5.47. The molecule has 2 rings (SSSR count). The third-order valence-electron chi connectivity index (χ3n) is 3.97. The number of ether oxygens (including phenoxy) is 2. The van der Waals surface area contributed by atoms with Crippen molar-refractivity contribution in [3.8, 4) is 11.5 Å². The van der Waals surface area contributed by atoms with E-state index in [4.69, 9.17) is 15.2 Å². The van der Waals surface area contributed by atoms with Crippen LogP contribution in [0, 0.1) is 6.92 Å². The number of methoxy groups -OCH3 is 2. The van der Waals surface area contributed by atoms with Crippen molar-refractivity contribution in [1.29, 1.82) is 0 Å². The van der Waals surface area contributed by atoms with Gasteiger partial charge in [-0.15, -0.1) is 0 Å². The Morgan fingerprint density at radius 2 is 1.89 bits per heavy atom. The van der Waals surface area contributed by atoms with Gasteiger partial charge in [-0.3, -0.25) is 0 Å². The zero-order valence-corrected chi connectivity index (χ0v) is 12.0. The van der Waals surface area contributed by atoms with E-state index in [9.17, 15) is 0 Å². The van der Waals surface area contributed by atoms with Crippen molar-refractivity contribution in [3.63, 3.8) is 0 Å². The highest BCUT2D eigenvalue weighted by Crippen LogP contribution is 2.30. The second-order valence-corrected chi connectivity index (χ2v) is 5.22. The van der Waals surface area contributed by atoms with Crippen molar-refractivity contribution in [2.75, 3.05) is 14.2 Å². The topological polar surface area (TPSA) is 56.5 Å². The summed E-state index contributed by atoms with van der Waals surface area (Å²) in [6, 6.07) is 4.79. The zero-order valence-electron chi connectivity index (χ0n) is 12.0. The summed E-state index contributed by atoms with van der Waals surface area (Å²) >= 11 is 0. The number of aryl methyl sites for hydroxylation is 1. The van der Waals surface area contributed by atoms with E-state index in [2.05, 4.69) is 12.2 Å². The first-order valence-corrected chi connectivity index (χ1v) is 6.86. The molecule has 106 valence electrons. The Kier molecular flexibility index (Phi) is 4.66. The lowest BCUT2D eigenvalue weighted by Gasteiger charge is -2.19. The molecule has 1 aromatic rings. The molecule has 0 aromatic heterocycles. The predicted molar refractivity (Wildman–Crippen MR) is 76.7 cm³/mol. The summed E-state index contributed by atoms with van der Waals surface area (Å²) in [7, 11) is 3.32. The Labute approximate surface area is 115 Å². The monoisotopic (exact) mass is 264 g/mol. The first-order valence-electron chi connectivity index (χ1n) is 6.86. The van der Waals surface area contributed by atoms with Crippen LogP contribution in [-0.4, -0.2) is 26.3 Å². The largest absolute Gasteiger partial charge is 0.493 e. The van der Waals surface area contributed by atoms with Gasteiger partial charge in [-0.25, -0.2) is 0 Å². The lowest BCUT2D eigenvalue weighted by molar-refractivity contribution is 0.354. The molecule has 0 saturated heterocycles. The zero-order chi connectivity index (χ0) is 13.8. The van der Waals surface area contributed by atoms with Crippen LogP contribution < -0.4 is 20.5 Å². The van der Waals surface area contributed by atoms with E-state index in [0.717, 1.165) is 24.5 Å². The van der Waals surface area contributed by atoms with E-state index in [1.165, 1.54) is 24.0 Å². The number of benzene rings is 1. The van der Waals surface area contributed by atoms with Crippen molar-refractivity contribution in [3.05, 3.63) is 23.3 Å². The fraction of sp³-hybridized carbons (Fsp3) is 0.600. The molecule has 0 spiro atoms.